The van der Waals surface area contributed by atoms with E-state index in [1.165, 1.54) is 0 Å². The highest BCUT2D eigenvalue weighted by Gasteiger charge is 1.98. The van der Waals surface area contributed by atoms with Crippen molar-refractivity contribution in [1.29, 1.82) is 0 Å². The molecule has 0 heterocycles. The van der Waals surface area contributed by atoms with Crippen LogP contribution in [0.3, 0.4) is 0 Å². The van der Waals surface area contributed by atoms with Gasteiger partial charge >= 0.3 is 0 Å². The molecule has 0 radical (unpaired) electrons. The van der Waals surface area contributed by atoms with Crippen LogP contribution in [-0.2, 0) is 4.74 Å². The molecule has 0 amide bonds. The monoisotopic (exact) mass is 204 g/mol. The van der Waals surface area contributed by atoms with Crippen molar-refractivity contribution in [1.82, 2.24) is 10.2 Å². The van der Waals surface area contributed by atoms with Crippen molar-refractivity contribution in [3.05, 3.63) is 0 Å². The molecule has 0 atom stereocenters. The summed E-state index contributed by atoms with van der Waals surface area (Å²) in [5.41, 5.74) is 0. The summed E-state index contributed by atoms with van der Waals surface area (Å²) in [6, 6.07) is 0. The second kappa shape index (κ2) is 8.26. The van der Waals surface area contributed by atoms with E-state index in [0.717, 1.165) is 32.6 Å². The van der Waals surface area contributed by atoms with Crippen molar-refractivity contribution in [3.63, 3.8) is 0 Å². The first kappa shape index (κ1) is 12.7. The topological polar surface area (TPSA) is 24.5 Å². The Kier molecular flexibility index (Phi) is 8.04. The van der Waals surface area contributed by atoms with Crippen LogP contribution in [0.1, 0.15) is 20.3 Å². The SMILES string of the molecule is CCN(CC)CCCNC(=S)OC. The third kappa shape index (κ3) is 6.78. The van der Waals surface area contributed by atoms with Crippen LogP contribution >= 0.6 is 12.2 Å². The lowest BCUT2D eigenvalue weighted by molar-refractivity contribution is 0.298. The number of thiocarbonyl (C=S) groups is 1. The molecule has 4 heteroatoms. The van der Waals surface area contributed by atoms with Gasteiger partial charge in [-0.15, -0.1) is 0 Å². The van der Waals surface area contributed by atoms with Gasteiger partial charge in [0.15, 0.2) is 0 Å². The van der Waals surface area contributed by atoms with Gasteiger partial charge in [0.2, 0.25) is 0 Å². The van der Waals surface area contributed by atoms with Crippen molar-refractivity contribution >= 4 is 17.4 Å². The van der Waals surface area contributed by atoms with Crippen molar-refractivity contribution in [2.45, 2.75) is 20.3 Å². The maximum Gasteiger partial charge on any atom is 0.256 e. The van der Waals surface area contributed by atoms with Gasteiger partial charge in [-0.05, 0) is 38.3 Å². The second-order valence-electron chi connectivity index (χ2n) is 2.80. The van der Waals surface area contributed by atoms with Crippen LogP contribution in [0.4, 0.5) is 0 Å². The first-order valence-corrected chi connectivity index (χ1v) is 5.19. The van der Waals surface area contributed by atoms with Crippen molar-refractivity contribution in [3.8, 4) is 0 Å². The van der Waals surface area contributed by atoms with E-state index in [9.17, 15) is 0 Å². The van der Waals surface area contributed by atoms with Crippen LogP contribution < -0.4 is 5.32 Å². The molecule has 0 rings (SSSR count). The summed E-state index contributed by atoms with van der Waals surface area (Å²) in [7, 11) is 1.58. The van der Waals surface area contributed by atoms with Crippen molar-refractivity contribution < 1.29 is 4.74 Å². The Morgan fingerprint density at radius 1 is 1.38 bits per heavy atom. The number of ether oxygens (including phenoxy) is 1. The van der Waals surface area contributed by atoms with Crippen LogP contribution in [0, 0.1) is 0 Å². The predicted octanol–water partition coefficient (Wildman–Crippen LogP) is 1.24. The molecule has 3 nitrogen and oxygen atoms in total. The largest absolute Gasteiger partial charge is 0.474 e. The Balaban J connectivity index is 3.28. The molecule has 0 aliphatic rings. The van der Waals surface area contributed by atoms with Crippen LogP contribution in [0.25, 0.3) is 0 Å². The fourth-order valence-electron chi connectivity index (χ4n) is 1.11. The molecule has 1 N–H and O–H groups in total. The fraction of sp³-hybridized carbons (Fsp3) is 0.889. The molecule has 0 aromatic heterocycles. The standard InChI is InChI=1S/C9H20N2OS/c1-4-11(5-2)8-6-7-10-9(13)12-3/h4-8H2,1-3H3,(H,10,13). The van der Waals surface area contributed by atoms with Gasteiger partial charge in [-0.3, -0.25) is 0 Å². The molecule has 0 spiro atoms. The molecule has 13 heavy (non-hydrogen) atoms. The summed E-state index contributed by atoms with van der Waals surface area (Å²) < 4.78 is 4.82. The van der Waals surface area contributed by atoms with E-state index in [-0.39, 0.29) is 0 Å². The summed E-state index contributed by atoms with van der Waals surface area (Å²) in [6.45, 7) is 8.60. The minimum atomic E-state index is 0.486. The van der Waals surface area contributed by atoms with E-state index in [2.05, 4.69) is 24.1 Å². The molecular weight excluding hydrogens is 184 g/mol. The minimum Gasteiger partial charge on any atom is -0.474 e. The minimum absolute atomic E-state index is 0.486. The lowest BCUT2D eigenvalue weighted by Crippen LogP contribution is -2.29. The third-order valence-corrected chi connectivity index (χ3v) is 2.31. The zero-order valence-corrected chi connectivity index (χ0v) is 9.62. The van der Waals surface area contributed by atoms with E-state index in [1.807, 2.05) is 0 Å². The molecular formula is C9H20N2OS. The van der Waals surface area contributed by atoms with E-state index in [4.69, 9.17) is 17.0 Å². The van der Waals surface area contributed by atoms with Gasteiger partial charge in [0, 0.05) is 6.54 Å². The van der Waals surface area contributed by atoms with Crippen LogP contribution in [0.15, 0.2) is 0 Å². The highest BCUT2D eigenvalue weighted by Crippen LogP contribution is 1.89. The van der Waals surface area contributed by atoms with Crippen LogP contribution in [0.2, 0.25) is 0 Å². The quantitative estimate of drug-likeness (QED) is 0.520. The summed E-state index contributed by atoms with van der Waals surface area (Å²) >= 11 is 4.84. The average Bonchev–Trinajstić information content (AvgIpc) is 2.18. The predicted molar refractivity (Wildman–Crippen MR) is 60.0 cm³/mol. The first-order valence-electron chi connectivity index (χ1n) is 4.78. The number of hydrogen-bond acceptors (Lipinski definition) is 3. The first-order chi connectivity index (χ1) is 6.24. The Labute approximate surface area is 86.4 Å². The normalized spacial score (nSPS) is 10.2. The lowest BCUT2D eigenvalue weighted by Gasteiger charge is -2.17. The third-order valence-electron chi connectivity index (χ3n) is 2.00. The summed E-state index contributed by atoms with van der Waals surface area (Å²) in [6.07, 6.45) is 1.10. The molecule has 0 aromatic carbocycles. The van der Waals surface area contributed by atoms with E-state index in [1.54, 1.807) is 7.11 Å². The molecule has 0 unspecified atom stereocenters. The number of hydrogen-bond donors (Lipinski definition) is 1. The number of rotatable bonds is 6. The Hall–Kier alpha value is -0.350. The summed E-state index contributed by atoms with van der Waals surface area (Å²) in [5, 5.41) is 3.50. The van der Waals surface area contributed by atoms with E-state index in [0.29, 0.717) is 5.17 Å². The zero-order chi connectivity index (χ0) is 10.1. The summed E-state index contributed by atoms with van der Waals surface area (Å²) in [5.74, 6) is 0. The van der Waals surface area contributed by atoms with Crippen molar-refractivity contribution in [2.24, 2.45) is 0 Å². The van der Waals surface area contributed by atoms with Crippen molar-refractivity contribution in [2.75, 3.05) is 33.3 Å². The molecule has 78 valence electrons. The smallest absolute Gasteiger partial charge is 0.256 e. The van der Waals surface area contributed by atoms with Gasteiger partial charge in [-0.1, -0.05) is 13.8 Å². The maximum absolute atomic E-state index is 4.84. The highest BCUT2D eigenvalue weighted by molar-refractivity contribution is 7.80. The van der Waals surface area contributed by atoms with Gasteiger partial charge in [0.25, 0.3) is 5.17 Å². The zero-order valence-electron chi connectivity index (χ0n) is 8.80. The molecule has 0 saturated heterocycles. The molecule has 0 aromatic rings. The maximum atomic E-state index is 4.84. The van der Waals surface area contributed by atoms with Gasteiger partial charge in [0.05, 0.1) is 7.11 Å². The molecule has 0 aliphatic heterocycles. The number of nitrogens with zero attached hydrogens (tertiary/aromatic N) is 1. The van der Waals surface area contributed by atoms with Gasteiger partial charge in [-0.2, -0.15) is 0 Å². The Morgan fingerprint density at radius 3 is 2.46 bits per heavy atom. The average molecular weight is 204 g/mol. The highest BCUT2D eigenvalue weighted by atomic mass is 32.1. The Morgan fingerprint density at radius 2 is 2.00 bits per heavy atom. The van der Waals surface area contributed by atoms with Gasteiger partial charge < -0.3 is 15.0 Å². The molecule has 0 aliphatic carbocycles. The lowest BCUT2D eigenvalue weighted by atomic mass is 10.3. The fourth-order valence-corrected chi connectivity index (χ4v) is 1.21. The van der Waals surface area contributed by atoms with Crippen LogP contribution in [-0.4, -0.2) is 43.4 Å². The number of methoxy groups -OCH3 is 1. The van der Waals surface area contributed by atoms with Gasteiger partial charge in [0.1, 0.15) is 0 Å². The van der Waals surface area contributed by atoms with Gasteiger partial charge in [-0.25, -0.2) is 0 Å². The molecule has 0 saturated carbocycles. The summed E-state index contributed by atoms with van der Waals surface area (Å²) in [4.78, 5) is 2.39. The van der Waals surface area contributed by atoms with E-state index < -0.39 is 0 Å². The van der Waals surface area contributed by atoms with Crippen LogP contribution in [0.5, 0.6) is 0 Å². The Bertz CT molecular complexity index is 138. The molecule has 0 bridgehead atoms. The second-order valence-corrected chi connectivity index (χ2v) is 3.17. The van der Waals surface area contributed by atoms with E-state index >= 15 is 0 Å². The molecule has 0 fully saturated rings. The number of nitrogens with one attached hydrogen (secondary N) is 1.